The van der Waals surface area contributed by atoms with Crippen LogP contribution in [0.1, 0.15) is 0 Å². The van der Waals surface area contributed by atoms with E-state index in [-0.39, 0.29) is 6.10 Å². The molecule has 1 heterocycles. The van der Waals surface area contributed by atoms with Gasteiger partial charge in [0.15, 0.2) is 10.6 Å². The second-order valence-electron chi connectivity index (χ2n) is 4.39. The molecular weight excluding hydrogens is 259 g/mol. The fourth-order valence-electron chi connectivity index (χ4n) is 1.77. The van der Waals surface area contributed by atoms with E-state index in [9.17, 15) is 4.57 Å². The van der Waals surface area contributed by atoms with Crippen LogP contribution in [0.4, 0.5) is 0 Å². The first-order valence-corrected chi connectivity index (χ1v) is 7.46. The van der Waals surface area contributed by atoms with Crippen molar-refractivity contribution in [3.8, 4) is 5.75 Å². The minimum Gasteiger partial charge on any atom is -0.491 e. The summed E-state index contributed by atoms with van der Waals surface area (Å²) in [5.41, 5.74) is 0. The van der Waals surface area contributed by atoms with Crippen LogP contribution in [0.5, 0.6) is 5.75 Å². The molecule has 1 aliphatic heterocycles. The van der Waals surface area contributed by atoms with E-state index in [1.807, 2.05) is 54.6 Å². The molecule has 2 aromatic rings. The molecule has 19 heavy (non-hydrogen) atoms. The number of rotatable bonds is 5. The highest BCUT2D eigenvalue weighted by molar-refractivity contribution is 7.61. The van der Waals surface area contributed by atoms with Gasteiger partial charge in [-0.15, -0.1) is 0 Å². The normalized spacial score (nSPS) is 17.9. The summed E-state index contributed by atoms with van der Waals surface area (Å²) in [6, 6.07) is 16.9. The first-order chi connectivity index (χ1) is 9.33. The van der Waals surface area contributed by atoms with Gasteiger partial charge in [-0.25, -0.2) is 0 Å². The van der Waals surface area contributed by atoms with Gasteiger partial charge < -0.3 is 9.47 Å². The van der Waals surface area contributed by atoms with Gasteiger partial charge in [0.2, 0.25) is 0 Å². The standard InChI is InChI=1S/C15H14O3P/c16-19(14-6-2-1-3-7-14)15-8-4-5-12(9-15)17-10-13-11-18-13/h1-9,13H,10-11H2/q+1. The third-order valence-corrected chi connectivity index (χ3v) is 4.40. The maximum atomic E-state index is 12.4. The van der Waals surface area contributed by atoms with Crippen LogP contribution in [-0.4, -0.2) is 19.3 Å². The van der Waals surface area contributed by atoms with Crippen LogP contribution >= 0.6 is 7.80 Å². The molecule has 0 saturated carbocycles. The Labute approximate surface area is 113 Å². The average Bonchev–Trinajstić information content (AvgIpc) is 3.30. The molecule has 0 spiro atoms. The second-order valence-corrected chi connectivity index (χ2v) is 6.02. The van der Waals surface area contributed by atoms with Crippen molar-refractivity contribution in [1.82, 2.24) is 0 Å². The Hall–Kier alpha value is -1.70. The molecule has 0 radical (unpaired) electrons. The third kappa shape index (κ3) is 3.19. The second kappa shape index (κ2) is 5.52. The van der Waals surface area contributed by atoms with Gasteiger partial charge in [-0.3, -0.25) is 0 Å². The van der Waals surface area contributed by atoms with E-state index in [0.717, 1.165) is 23.0 Å². The summed E-state index contributed by atoms with van der Waals surface area (Å²) in [6.07, 6.45) is 0.228. The van der Waals surface area contributed by atoms with Gasteiger partial charge in [-0.05, 0) is 24.3 Å². The van der Waals surface area contributed by atoms with Gasteiger partial charge in [0.1, 0.15) is 18.5 Å². The zero-order valence-electron chi connectivity index (χ0n) is 10.4. The molecule has 0 bridgehead atoms. The third-order valence-electron chi connectivity index (χ3n) is 2.88. The minimum absolute atomic E-state index is 0.228. The molecule has 2 unspecified atom stereocenters. The lowest BCUT2D eigenvalue weighted by Gasteiger charge is -2.02. The van der Waals surface area contributed by atoms with Crippen LogP contribution in [0.3, 0.4) is 0 Å². The van der Waals surface area contributed by atoms with Crippen LogP contribution in [0.2, 0.25) is 0 Å². The average molecular weight is 273 g/mol. The SMILES string of the molecule is O=[P+](c1ccccc1)c1cccc(OCC2CO2)c1. The summed E-state index contributed by atoms with van der Waals surface area (Å²) in [5, 5.41) is 1.62. The van der Waals surface area contributed by atoms with E-state index in [4.69, 9.17) is 9.47 Å². The molecule has 4 heteroatoms. The van der Waals surface area contributed by atoms with Crippen molar-refractivity contribution in [3.63, 3.8) is 0 Å². The van der Waals surface area contributed by atoms with Gasteiger partial charge >= 0.3 is 7.80 Å². The van der Waals surface area contributed by atoms with Crippen molar-refractivity contribution < 1.29 is 14.0 Å². The van der Waals surface area contributed by atoms with E-state index in [1.54, 1.807) is 0 Å². The molecule has 1 saturated heterocycles. The highest BCUT2D eigenvalue weighted by Gasteiger charge is 2.25. The Morgan fingerprint density at radius 2 is 1.84 bits per heavy atom. The first-order valence-electron chi connectivity index (χ1n) is 6.20. The van der Waals surface area contributed by atoms with Crippen molar-refractivity contribution in [2.45, 2.75) is 6.10 Å². The van der Waals surface area contributed by atoms with Crippen molar-refractivity contribution in [1.29, 1.82) is 0 Å². The van der Waals surface area contributed by atoms with Crippen LogP contribution in [-0.2, 0) is 9.30 Å². The zero-order valence-corrected chi connectivity index (χ0v) is 11.3. The Bertz CT molecular complexity index is 579. The maximum Gasteiger partial charge on any atom is 0.415 e. The summed E-state index contributed by atoms with van der Waals surface area (Å²) in [4.78, 5) is 0. The van der Waals surface area contributed by atoms with Crippen LogP contribution in [0.25, 0.3) is 0 Å². The molecule has 2 aromatic carbocycles. The van der Waals surface area contributed by atoms with E-state index in [1.165, 1.54) is 0 Å². The van der Waals surface area contributed by atoms with Crippen LogP contribution in [0, 0.1) is 0 Å². The Kier molecular flexibility index (Phi) is 3.58. The van der Waals surface area contributed by atoms with Crippen molar-refractivity contribution in [2.24, 2.45) is 0 Å². The number of benzene rings is 2. The summed E-state index contributed by atoms with van der Waals surface area (Å²) >= 11 is 0. The van der Waals surface area contributed by atoms with Gasteiger partial charge in [0, 0.05) is 6.07 Å². The summed E-state index contributed by atoms with van der Waals surface area (Å²) in [5.74, 6) is 0.743. The molecule has 3 nitrogen and oxygen atoms in total. The van der Waals surface area contributed by atoms with Crippen molar-refractivity contribution in [3.05, 3.63) is 54.6 Å². The maximum absolute atomic E-state index is 12.4. The molecule has 96 valence electrons. The van der Waals surface area contributed by atoms with Crippen molar-refractivity contribution >= 4 is 18.4 Å². The molecule has 1 aliphatic rings. The summed E-state index contributed by atoms with van der Waals surface area (Å²) in [6.45, 7) is 1.34. The van der Waals surface area contributed by atoms with Crippen LogP contribution < -0.4 is 15.3 Å². The fourth-order valence-corrected chi connectivity index (χ4v) is 2.97. The largest absolute Gasteiger partial charge is 0.491 e. The molecule has 0 N–H and O–H groups in total. The molecule has 0 amide bonds. The predicted molar refractivity (Wildman–Crippen MR) is 75.0 cm³/mol. The quantitative estimate of drug-likeness (QED) is 0.619. The molecule has 0 aromatic heterocycles. The predicted octanol–water partition coefficient (Wildman–Crippen LogP) is 2.24. The molecule has 1 fully saturated rings. The summed E-state index contributed by atoms with van der Waals surface area (Å²) < 4.78 is 23.1. The molecule has 0 aliphatic carbocycles. The number of hydrogen-bond acceptors (Lipinski definition) is 3. The number of ether oxygens (including phenoxy) is 2. The molecular formula is C15H14O3P+. The van der Waals surface area contributed by atoms with Gasteiger partial charge in [0.05, 0.1) is 6.61 Å². The van der Waals surface area contributed by atoms with E-state index < -0.39 is 7.80 Å². The highest BCUT2D eigenvalue weighted by atomic mass is 31.1. The number of epoxide rings is 1. The Morgan fingerprint density at radius 3 is 2.58 bits per heavy atom. The number of hydrogen-bond donors (Lipinski definition) is 0. The minimum atomic E-state index is -1.56. The fraction of sp³-hybridized carbons (Fsp3) is 0.200. The van der Waals surface area contributed by atoms with E-state index in [0.29, 0.717) is 6.61 Å². The highest BCUT2D eigenvalue weighted by Crippen LogP contribution is 2.22. The lowest BCUT2D eigenvalue weighted by Crippen LogP contribution is -2.08. The van der Waals surface area contributed by atoms with Crippen molar-refractivity contribution in [2.75, 3.05) is 13.2 Å². The Balaban J connectivity index is 1.76. The smallest absolute Gasteiger partial charge is 0.415 e. The monoisotopic (exact) mass is 273 g/mol. The van der Waals surface area contributed by atoms with E-state index in [2.05, 4.69) is 0 Å². The topological polar surface area (TPSA) is 38.8 Å². The zero-order chi connectivity index (χ0) is 13.1. The molecule has 2 atom stereocenters. The van der Waals surface area contributed by atoms with Gasteiger partial charge in [-0.2, -0.15) is 0 Å². The summed E-state index contributed by atoms with van der Waals surface area (Å²) in [7, 11) is -1.56. The van der Waals surface area contributed by atoms with Gasteiger partial charge in [-0.1, -0.05) is 28.8 Å². The van der Waals surface area contributed by atoms with Crippen LogP contribution in [0.15, 0.2) is 54.6 Å². The van der Waals surface area contributed by atoms with Gasteiger partial charge in [0.25, 0.3) is 0 Å². The molecule has 3 rings (SSSR count). The lowest BCUT2D eigenvalue weighted by molar-refractivity contribution is 0.263. The first kappa shape index (κ1) is 12.3. The van der Waals surface area contributed by atoms with E-state index >= 15 is 0 Å². The lowest BCUT2D eigenvalue weighted by atomic mass is 10.3. The Morgan fingerprint density at radius 1 is 1.11 bits per heavy atom.